The zero-order valence-corrected chi connectivity index (χ0v) is 14.3. The van der Waals surface area contributed by atoms with E-state index < -0.39 is 0 Å². The van der Waals surface area contributed by atoms with Gasteiger partial charge in [0.1, 0.15) is 12.4 Å². The molecule has 126 valence electrons. The van der Waals surface area contributed by atoms with Crippen LogP contribution in [-0.2, 0) is 13.2 Å². The maximum absolute atomic E-state index is 9.34. The van der Waals surface area contributed by atoms with Crippen molar-refractivity contribution in [1.29, 1.82) is 0 Å². The normalized spacial score (nSPS) is 12.0. The fourth-order valence-electron chi connectivity index (χ4n) is 2.33. The molecule has 0 aliphatic rings. The minimum absolute atomic E-state index is 0.124. The summed E-state index contributed by atoms with van der Waals surface area (Å²) in [5.41, 5.74) is 3.15. The number of rotatable bonds is 8. The average molecular weight is 323 g/mol. The van der Waals surface area contributed by atoms with E-state index in [2.05, 4.69) is 49.4 Å². The number of terminal acetylenes is 1. The van der Waals surface area contributed by atoms with Gasteiger partial charge in [-0.05, 0) is 41.3 Å². The number of aliphatic hydroxyl groups is 1. The van der Waals surface area contributed by atoms with E-state index >= 15 is 0 Å². The van der Waals surface area contributed by atoms with Crippen molar-refractivity contribution in [1.82, 2.24) is 5.32 Å². The summed E-state index contributed by atoms with van der Waals surface area (Å²) in [7, 11) is 0. The Balaban J connectivity index is 1.84. The lowest BCUT2D eigenvalue weighted by Crippen LogP contribution is -2.36. The van der Waals surface area contributed by atoms with E-state index in [1.807, 2.05) is 24.3 Å². The first kappa shape index (κ1) is 18.1. The van der Waals surface area contributed by atoms with Crippen molar-refractivity contribution in [2.75, 3.05) is 6.61 Å². The molecule has 0 saturated heterocycles. The molecule has 2 rings (SSSR count). The van der Waals surface area contributed by atoms with Gasteiger partial charge in [-0.1, -0.05) is 44.0 Å². The van der Waals surface area contributed by atoms with Gasteiger partial charge in [0.15, 0.2) is 0 Å². The second kappa shape index (κ2) is 9.12. The van der Waals surface area contributed by atoms with Crippen LogP contribution < -0.4 is 10.1 Å². The largest absolute Gasteiger partial charge is 0.489 e. The Hall–Kier alpha value is -2.28. The van der Waals surface area contributed by atoms with E-state index in [0.717, 1.165) is 23.4 Å². The molecule has 0 spiro atoms. The molecule has 0 aliphatic heterocycles. The van der Waals surface area contributed by atoms with Crippen LogP contribution in [-0.4, -0.2) is 17.8 Å². The van der Waals surface area contributed by atoms with Crippen LogP contribution in [0.15, 0.2) is 48.5 Å². The van der Waals surface area contributed by atoms with Crippen LogP contribution in [0, 0.1) is 18.3 Å². The smallest absolute Gasteiger partial charge is 0.119 e. The van der Waals surface area contributed by atoms with E-state index in [1.54, 1.807) is 0 Å². The first-order valence-corrected chi connectivity index (χ1v) is 8.24. The number of ether oxygens (including phenoxy) is 1. The van der Waals surface area contributed by atoms with Crippen molar-refractivity contribution in [3.05, 3.63) is 65.2 Å². The molecule has 0 saturated carbocycles. The minimum Gasteiger partial charge on any atom is -0.489 e. The molecule has 1 atom stereocenters. The summed E-state index contributed by atoms with van der Waals surface area (Å²) < 4.78 is 5.76. The SMILES string of the molecule is C#Cc1ccc(OCc2ccc(CNC(CO)C(C)C)cc2)cc1. The predicted octanol–water partition coefficient (Wildman–Crippen LogP) is 3.35. The van der Waals surface area contributed by atoms with Crippen LogP contribution in [0.4, 0.5) is 0 Å². The Morgan fingerprint density at radius 2 is 1.67 bits per heavy atom. The number of hydrogen-bond acceptors (Lipinski definition) is 3. The first-order valence-electron chi connectivity index (χ1n) is 8.24. The zero-order valence-electron chi connectivity index (χ0n) is 14.3. The Morgan fingerprint density at radius 3 is 2.21 bits per heavy atom. The molecule has 0 amide bonds. The molecule has 0 fully saturated rings. The predicted molar refractivity (Wildman–Crippen MR) is 97.7 cm³/mol. The standard InChI is InChI=1S/C21H25NO2/c1-4-17-9-11-20(12-10-17)24-15-19-7-5-18(6-8-19)13-22-21(14-23)16(2)3/h1,5-12,16,21-23H,13-15H2,2-3H3. The minimum atomic E-state index is 0.124. The van der Waals surface area contributed by atoms with Crippen molar-refractivity contribution in [3.63, 3.8) is 0 Å². The number of benzene rings is 2. The van der Waals surface area contributed by atoms with Gasteiger partial charge in [-0.2, -0.15) is 0 Å². The molecule has 1 unspecified atom stereocenters. The first-order chi connectivity index (χ1) is 11.6. The molecule has 2 aromatic carbocycles. The third kappa shape index (κ3) is 5.42. The second-order valence-corrected chi connectivity index (χ2v) is 6.19. The Labute approximate surface area is 144 Å². The van der Waals surface area contributed by atoms with E-state index in [1.165, 1.54) is 5.56 Å². The highest BCUT2D eigenvalue weighted by atomic mass is 16.5. The van der Waals surface area contributed by atoms with Crippen molar-refractivity contribution in [2.24, 2.45) is 5.92 Å². The fourth-order valence-corrected chi connectivity index (χ4v) is 2.33. The Kier molecular flexibility index (Phi) is 6.87. The second-order valence-electron chi connectivity index (χ2n) is 6.19. The monoisotopic (exact) mass is 323 g/mol. The molecule has 2 aromatic rings. The highest BCUT2D eigenvalue weighted by Gasteiger charge is 2.10. The molecule has 2 N–H and O–H groups in total. The van der Waals surface area contributed by atoms with Gasteiger partial charge in [-0.25, -0.2) is 0 Å². The molecular weight excluding hydrogens is 298 g/mol. The van der Waals surface area contributed by atoms with Crippen LogP contribution in [0.2, 0.25) is 0 Å². The van der Waals surface area contributed by atoms with Crippen LogP contribution in [0.3, 0.4) is 0 Å². The van der Waals surface area contributed by atoms with Gasteiger partial charge in [0, 0.05) is 18.2 Å². The molecule has 0 heterocycles. The number of aliphatic hydroxyl groups excluding tert-OH is 1. The molecule has 3 nitrogen and oxygen atoms in total. The molecule has 0 aromatic heterocycles. The van der Waals surface area contributed by atoms with Crippen LogP contribution >= 0.6 is 0 Å². The summed E-state index contributed by atoms with van der Waals surface area (Å²) >= 11 is 0. The van der Waals surface area contributed by atoms with E-state index in [9.17, 15) is 5.11 Å². The van der Waals surface area contributed by atoms with Crippen LogP contribution in [0.5, 0.6) is 5.75 Å². The van der Waals surface area contributed by atoms with Crippen molar-refractivity contribution in [3.8, 4) is 18.1 Å². The summed E-state index contributed by atoms with van der Waals surface area (Å²) in [6.07, 6.45) is 5.34. The third-order valence-electron chi connectivity index (χ3n) is 4.02. The fraction of sp³-hybridized carbons (Fsp3) is 0.333. The van der Waals surface area contributed by atoms with Crippen molar-refractivity contribution >= 4 is 0 Å². The summed E-state index contributed by atoms with van der Waals surface area (Å²) in [5.74, 6) is 3.80. The molecular formula is C21H25NO2. The highest BCUT2D eigenvalue weighted by molar-refractivity contribution is 5.36. The maximum atomic E-state index is 9.34. The Bertz CT molecular complexity index is 654. The van der Waals surface area contributed by atoms with Crippen molar-refractivity contribution < 1.29 is 9.84 Å². The third-order valence-corrected chi connectivity index (χ3v) is 4.02. The van der Waals surface area contributed by atoms with Crippen LogP contribution in [0.25, 0.3) is 0 Å². The van der Waals surface area contributed by atoms with E-state index in [0.29, 0.717) is 12.5 Å². The van der Waals surface area contributed by atoms with Gasteiger partial charge >= 0.3 is 0 Å². The van der Waals surface area contributed by atoms with Gasteiger partial charge in [0.25, 0.3) is 0 Å². The zero-order chi connectivity index (χ0) is 17.4. The summed E-state index contributed by atoms with van der Waals surface area (Å²) in [5, 5.41) is 12.7. The quantitative estimate of drug-likeness (QED) is 0.732. The maximum Gasteiger partial charge on any atom is 0.119 e. The summed E-state index contributed by atoms with van der Waals surface area (Å²) in [6.45, 7) is 5.63. The van der Waals surface area contributed by atoms with E-state index in [-0.39, 0.29) is 12.6 Å². The average Bonchev–Trinajstić information content (AvgIpc) is 2.61. The van der Waals surface area contributed by atoms with Gasteiger partial charge < -0.3 is 15.2 Å². The highest BCUT2D eigenvalue weighted by Crippen LogP contribution is 2.14. The molecule has 0 radical (unpaired) electrons. The number of nitrogens with one attached hydrogen (secondary N) is 1. The van der Waals surface area contributed by atoms with Gasteiger partial charge in [-0.3, -0.25) is 0 Å². The van der Waals surface area contributed by atoms with Gasteiger partial charge in [0.05, 0.1) is 6.61 Å². The lowest BCUT2D eigenvalue weighted by molar-refractivity contribution is 0.210. The lowest BCUT2D eigenvalue weighted by atomic mass is 10.0. The van der Waals surface area contributed by atoms with Gasteiger partial charge in [0.2, 0.25) is 0 Å². The van der Waals surface area contributed by atoms with Gasteiger partial charge in [-0.15, -0.1) is 6.42 Å². The van der Waals surface area contributed by atoms with E-state index in [4.69, 9.17) is 11.2 Å². The summed E-state index contributed by atoms with van der Waals surface area (Å²) in [6, 6.07) is 15.9. The summed E-state index contributed by atoms with van der Waals surface area (Å²) in [4.78, 5) is 0. The Morgan fingerprint density at radius 1 is 1.04 bits per heavy atom. The molecule has 0 bridgehead atoms. The molecule has 0 aliphatic carbocycles. The molecule has 24 heavy (non-hydrogen) atoms. The lowest BCUT2D eigenvalue weighted by Gasteiger charge is -2.20. The number of hydrogen-bond donors (Lipinski definition) is 2. The van der Waals surface area contributed by atoms with Crippen LogP contribution in [0.1, 0.15) is 30.5 Å². The topological polar surface area (TPSA) is 41.5 Å². The van der Waals surface area contributed by atoms with Crippen molar-refractivity contribution in [2.45, 2.75) is 33.0 Å². The molecule has 3 heteroatoms.